The fourth-order valence-electron chi connectivity index (χ4n) is 2.66. The Balaban J connectivity index is 1.74. The van der Waals surface area contributed by atoms with Crippen molar-refractivity contribution in [2.24, 2.45) is 11.7 Å². The molecular formula is C16H21N3O2. The maximum absolute atomic E-state index is 11.1. The Hall–Kier alpha value is -2.06. The molecule has 1 amide bonds. The lowest BCUT2D eigenvalue weighted by molar-refractivity contribution is -0.122. The SMILES string of the molecule is N#CCOc1ccc(CNC2CCC(C(N)=O)CC2)cc1. The largest absolute Gasteiger partial charge is 0.479 e. The number of ether oxygens (including phenoxy) is 1. The zero-order valence-electron chi connectivity index (χ0n) is 12.0. The van der Waals surface area contributed by atoms with Gasteiger partial charge in [0.2, 0.25) is 5.91 Å². The number of carbonyl (C=O) groups excluding carboxylic acids is 1. The van der Waals surface area contributed by atoms with E-state index < -0.39 is 0 Å². The molecule has 0 unspecified atom stereocenters. The summed E-state index contributed by atoms with van der Waals surface area (Å²) in [5.74, 6) is 0.600. The van der Waals surface area contributed by atoms with E-state index in [1.54, 1.807) is 0 Å². The highest BCUT2D eigenvalue weighted by Gasteiger charge is 2.24. The van der Waals surface area contributed by atoms with E-state index in [0.717, 1.165) is 32.2 Å². The molecule has 0 saturated heterocycles. The van der Waals surface area contributed by atoms with Crippen LogP contribution in [-0.4, -0.2) is 18.6 Å². The third-order valence-electron chi connectivity index (χ3n) is 3.95. The molecule has 0 atom stereocenters. The van der Waals surface area contributed by atoms with Crippen LogP contribution in [0, 0.1) is 17.2 Å². The van der Waals surface area contributed by atoms with Crippen LogP contribution in [0.25, 0.3) is 0 Å². The van der Waals surface area contributed by atoms with E-state index in [0.29, 0.717) is 11.8 Å². The van der Waals surface area contributed by atoms with Crippen molar-refractivity contribution in [2.75, 3.05) is 6.61 Å². The van der Waals surface area contributed by atoms with Crippen molar-refractivity contribution >= 4 is 5.91 Å². The van der Waals surface area contributed by atoms with Gasteiger partial charge in [0, 0.05) is 18.5 Å². The monoisotopic (exact) mass is 287 g/mol. The zero-order valence-corrected chi connectivity index (χ0v) is 12.0. The minimum absolute atomic E-state index is 0.0552. The number of hydrogen-bond acceptors (Lipinski definition) is 4. The molecule has 1 aliphatic carbocycles. The van der Waals surface area contributed by atoms with Gasteiger partial charge in [-0.2, -0.15) is 5.26 Å². The highest BCUT2D eigenvalue weighted by molar-refractivity contribution is 5.76. The fourth-order valence-corrected chi connectivity index (χ4v) is 2.66. The molecular weight excluding hydrogens is 266 g/mol. The quantitative estimate of drug-likeness (QED) is 0.834. The van der Waals surface area contributed by atoms with Crippen molar-refractivity contribution in [3.8, 4) is 11.8 Å². The summed E-state index contributed by atoms with van der Waals surface area (Å²) in [6.45, 7) is 0.866. The second kappa shape index (κ2) is 7.65. The van der Waals surface area contributed by atoms with Gasteiger partial charge in [-0.3, -0.25) is 4.79 Å². The standard InChI is InChI=1S/C16H21N3O2/c17-9-10-21-15-7-1-12(2-8-15)11-19-14-5-3-13(4-6-14)16(18)20/h1-2,7-8,13-14,19H,3-6,10-11H2,(H2,18,20). The van der Waals surface area contributed by atoms with E-state index >= 15 is 0 Å². The number of carbonyl (C=O) groups is 1. The molecule has 3 N–H and O–H groups in total. The molecule has 112 valence electrons. The number of nitrogens with one attached hydrogen (secondary N) is 1. The Kier molecular flexibility index (Phi) is 5.59. The Labute approximate surface area is 125 Å². The van der Waals surface area contributed by atoms with Crippen molar-refractivity contribution in [2.45, 2.75) is 38.3 Å². The molecule has 0 aromatic heterocycles. The maximum Gasteiger partial charge on any atom is 0.220 e. The van der Waals surface area contributed by atoms with Gasteiger partial charge in [-0.05, 0) is 43.4 Å². The van der Waals surface area contributed by atoms with Crippen molar-refractivity contribution in [1.29, 1.82) is 5.26 Å². The Morgan fingerprint density at radius 1 is 1.29 bits per heavy atom. The molecule has 1 fully saturated rings. The van der Waals surface area contributed by atoms with Gasteiger partial charge in [-0.15, -0.1) is 0 Å². The Morgan fingerprint density at radius 2 is 1.95 bits per heavy atom. The second-order valence-corrected chi connectivity index (χ2v) is 5.42. The van der Waals surface area contributed by atoms with Crippen molar-refractivity contribution in [1.82, 2.24) is 5.32 Å². The third kappa shape index (κ3) is 4.76. The van der Waals surface area contributed by atoms with Gasteiger partial charge in [-0.25, -0.2) is 0 Å². The van der Waals surface area contributed by atoms with Crippen LogP contribution in [0.3, 0.4) is 0 Å². The van der Waals surface area contributed by atoms with Crippen molar-refractivity contribution < 1.29 is 9.53 Å². The van der Waals surface area contributed by atoms with Gasteiger partial charge in [0.15, 0.2) is 6.61 Å². The molecule has 1 aromatic carbocycles. The number of hydrogen-bond donors (Lipinski definition) is 2. The molecule has 21 heavy (non-hydrogen) atoms. The highest BCUT2D eigenvalue weighted by atomic mass is 16.5. The maximum atomic E-state index is 11.1. The first-order valence-electron chi connectivity index (χ1n) is 7.30. The van der Waals surface area contributed by atoms with Gasteiger partial charge >= 0.3 is 0 Å². The first-order chi connectivity index (χ1) is 10.2. The third-order valence-corrected chi connectivity index (χ3v) is 3.95. The van der Waals surface area contributed by atoms with Gasteiger partial charge < -0.3 is 15.8 Å². The molecule has 1 saturated carbocycles. The predicted octanol–water partition coefficient (Wildman–Crippen LogP) is 1.72. The van der Waals surface area contributed by atoms with E-state index in [9.17, 15) is 4.79 Å². The smallest absolute Gasteiger partial charge is 0.220 e. The van der Waals surface area contributed by atoms with Crippen LogP contribution in [0.2, 0.25) is 0 Å². The number of nitriles is 1. The van der Waals surface area contributed by atoms with Crippen molar-refractivity contribution in [3.05, 3.63) is 29.8 Å². The van der Waals surface area contributed by atoms with E-state index in [2.05, 4.69) is 5.32 Å². The summed E-state index contributed by atoms with van der Waals surface area (Å²) in [7, 11) is 0. The summed E-state index contributed by atoms with van der Waals surface area (Å²) in [4.78, 5) is 11.1. The zero-order chi connectivity index (χ0) is 15.1. The number of nitrogens with zero attached hydrogens (tertiary/aromatic N) is 1. The van der Waals surface area contributed by atoms with Crippen LogP contribution in [-0.2, 0) is 11.3 Å². The lowest BCUT2D eigenvalue weighted by atomic mass is 9.85. The number of rotatable bonds is 6. The molecule has 0 bridgehead atoms. The van der Waals surface area contributed by atoms with Gasteiger partial charge in [0.05, 0.1) is 0 Å². The van der Waals surface area contributed by atoms with E-state index in [4.69, 9.17) is 15.7 Å². The summed E-state index contributed by atoms with van der Waals surface area (Å²) >= 11 is 0. The molecule has 0 heterocycles. The molecule has 0 radical (unpaired) electrons. The fraction of sp³-hybridized carbons (Fsp3) is 0.500. The minimum atomic E-state index is -0.165. The second-order valence-electron chi connectivity index (χ2n) is 5.42. The van der Waals surface area contributed by atoms with E-state index in [1.807, 2.05) is 30.3 Å². The first-order valence-corrected chi connectivity index (χ1v) is 7.30. The van der Waals surface area contributed by atoms with Crippen molar-refractivity contribution in [3.63, 3.8) is 0 Å². The average molecular weight is 287 g/mol. The highest BCUT2D eigenvalue weighted by Crippen LogP contribution is 2.24. The average Bonchev–Trinajstić information content (AvgIpc) is 2.52. The van der Waals surface area contributed by atoms with Crippen LogP contribution < -0.4 is 15.8 Å². The summed E-state index contributed by atoms with van der Waals surface area (Å²) in [5, 5.41) is 12.0. The number of benzene rings is 1. The molecule has 5 heteroatoms. The molecule has 1 aliphatic rings. The van der Waals surface area contributed by atoms with Crippen LogP contribution in [0.15, 0.2) is 24.3 Å². The van der Waals surface area contributed by atoms with E-state index in [1.165, 1.54) is 5.56 Å². The molecule has 2 rings (SSSR count). The molecule has 0 spiro atoms. The number of primary amides is 1. The number of nitrogens with two attached hydrogens (primary N) is 1. The number of amides is 1. The summed E-state index contributed by atoms with van der Waals surface area (Å²) in [6.07, 6.45) is 3.76. The van der Waals surface area contributed by atoms with Gasteiger partial charge in [0.25, 0.3) is 0 Å². The lowest BCUT2D eigenvalue weighted by Crippen LogP contribution is -2.36. The van der Waals surface area contributed by atoms with Gasteiger partial charge in [0.1, 0.15) is 11.8 Å². The summed E-state index contributed by atoms with van der Waals surface area (Å²) in [5.41, 5.74) is 6.51. The Bertz CT molecular complexity index is 499. The van der Waals surface area contributed by atoms with Crippen LogP contribution in [0.4, 0.5) is 0 Å². The van der Waals surface area contributed by atoms with Crippen LogP contribution >= 0.6 is 0 Å². The lowest BCUT2D eigenvalue weighted by Gasteiger charge is -2.27. The molecule has 1 aromatic rings. The minimum Gasteiger partial charge on any atom is -0.479 e. The predicted molar refractivity (Wildman–Crippen MR) is 79.3 cm³/mol. The summed E-state index contributed by atoms with van der Waals surface area (Å²) in [6, 6.07) is 10.1. The summed E-state index contributed by atoms with van der Waals surface area (Å²) < 4.78 is 5.21. The van der Waals surface area contributed by atoms with Gasteiger partial charge in [-0.1, -0.05) is 12.1 Å². The first kappa shape index (κ1) is 15.3. The van der Waals surface area contributed by atoms with Crippen LogP contribution in [0.5, 0.6) is 5.75 Å². The van der Waals surface area contributed by atoms with Crippen LogP contribution in [0.1, 0.15) is 31.2 Å². The topological polar surface area (TPSA) is 88.1 Å². The molecule has 5 nitrogen and oxygen atoms in total. The molecule has 0 aliphatic heterocycles. The Morgan fingerprint density at radius 3 is 2.52 bits per heavy atom. The van der Waals surface area contributed by atoms with E-state index in [-0.39, 0.29) is 18.4 Å². The normalized spacial score (nSPS) is 21.5.